The third-order valence-corrected chi connectivity index (χ3v) is 6.22. The van der Waals surface area contributed by atoms with Crippen molar-refractivity contribution in [2.24, 2.45) is 0 Å². The fourth-order valence-electron chi connectivity index (χ4n) is 3.26. The summed E-state index contributed by atoms with van der Waals surface area (Å²) in [5.41, 5.74) is 1.13. The molecule has 2 heterocycles. The molecule has 1 aliphatic rings. The van der Waals surface area contributed by atoms with Crippen LogP contribution in [0.4, 0.5) is 4.39 Å². The van der Waals surface area contributed by atoms with Gasteiger partial charge in [0, 0.05) is 23.5 Å². The number of para-hydroxylation sites is 1. The van der Waals surface area contributed by atoms with Crippen LogP contribution in [0.2, 0.25) is 0 Å². The van der Waals surface area contributed by atoms with Crippen molar-refractivity contribution in [3.63, 3.8) is 0 Å². The van der Waals surface area contributed by atoms with Crippen LogP contribution in [-0.2, 0) is 0 Å². The van der Waals surface area contributed by atoms with Crippen LogP contribution >= 0.6 is 27.3 Å². The van der Waals surface area contributed by atoms with Crippen molar-refractivity contribution in [3.05, 3.63) is 63.3 Å². The molecule has 1 aliphatic heterocycles. The van der Waals surface area contributed by atoms with Crippen LogP contribution < -0.4 is 0 Å². The number of carbonyl (C=O) groups is 1. The Morgan fingerprint density at radius 3 is 2.96 bits per heavy atom. The summed E-state index contributed by atoms with van der Waals surface area (Å²) < 4.78 is 15.9. The van der Waals surface area contributed by atoms with Crippen LogP contribution in [-0.4, -0.2) is 28.9 Å². The maximum absolute atomic E-state index is 14.1. The Balaban J connectivity index is 1.58. The van der Waals surface area contributed by atoms with E-state index in [9.17, 15) is 9.18 Å². The van der Waals surface area contributed by atoms with Crippen LogP contribution in [0.15, 0.2) is 46.9 Å². The van der Waals surface area contributed by atoms with Crippen molar-refractivity contribution in [3.8, 4) is 0 Å². The van der Waals surface area contributed by atoms with Crippen molar-refractivity contribution in [2.45, 2.75) is 18.8 Å². The lowest BCUT2D eigenvalue weighted by atomic mass is 9.98. The summed E-state index contributed by atoms with van der Waals surface area (Å²) in [7, 11) is 0. The second kappa shape index (κ2) is 6.84. The standard InChI is InChI=1S/C19H16BrFN2OS/c20-13-7-8-15(21)14(10-13)19(24)23-9-3-4-12(11-23)18-22-16-5-1-2-6-17(16)25-18/h1-2,5-8,10,12H,3-4,9,11H2/t12-/m0/s1. The first kappa shape index (κ1) is 16.7. The molecule has 0 spiro atoms. The van der Waals surface area contributed by atoms with E-state index in [0.717, 1.165) is 23.4 Å². The van der Waals surface area contributed by atoms with E-state index in [0.29, 0.717) is 17.6 Å². The third kappa shape index (κ3) is 3.33. The number of aromatic nitrogens is 1. The summed E-state index contributed by atoms with van der Waals surface area (Å²) in [6.45, 7) is 1.25. The summed E-state index contributed by atoms with van der Waals surface area (Å²) in [5.74, 6) is -0.509. The van der Waals surface area contributed by atoms with Gasteiger partial charge in [0.1, 0.15) is 5.82 Å². The highest BCUT2D eigenvalue weighted by atomic mass is 79.9. The number of hydrogen-bond acceptors (Lipinski definition) is 3. The quantitative estimate of drug-likeness (QED) is 0.571. The molecular weight excluding hydrogens is 403 g/mol. The second-order valence-corrected chi connectivity index (χ2v) is 8.21. The van der Waals surface area contributed by atoms with Gasteiger partial charge in [-0.2, -0.15) is 0 Å². The number of carbonyl (C=O) groups excluding carboxylic acids is 1. The van der Waals surface area contributed by atoms with Crippen molar-refractivity contribution >= 4 is 43.4 Å². The lowest BCUT2D eigenvalue weighted by Gasteiger charge is -2.32. The average molecular weight is 419 g/mol. The Bertz CT molecular complexity index is 909. The highest BCUT2D eigenvalue weighted by Crippen LogP contribution is 2.33. The van der Waals surface area contributed by atoms with Gasteiger partial charge in [0.15, 0.2) is 0 Å². The van der Waals surface area contributed by atoms with Crippen LogP contribution in [0.25, 0.3) is 10.2 Å². The van der Waals surface area contributed by atoms with Crippen molar-refractivity contribution in [1.82, 2.24) is 9.88 Å². The van der Waals surface area contributed by atoms with Gasteiger partial charge in [-0.15, -0.1) is 11.3 Å². The predicted octanol–water partition coefficient (Wildman–Crippen LogP) is 5.22. The molecule has 1 aromatic heterocycles. The lowest BCUT2D eigenvalue weighted by molar-refractivity contribution is 0.0702. The van der Waals surface area contributed by atoms with Gasteiger partial charge in [-0.1, -0.05) is 28.1 Å². The topological polar surface area (TPSA) is 33.2 Å². The molecule has 0 saturated carbocycles. The average Bonchev–Trinajstić information content (AvgIpc) is 3.07. The van der Waals surface area contributed by atoms with Crippen LogP contribution in [0, 0.1) is 5.82 Å². The first-order valence-electron chi connectivity index (χ1n) is 8.21. The minimum atomic E-state index is -0.477. The van der Waals surface area contributed by atoms with Gasteiger partial charge < -0.3 is 4.90 Å². The zero-order valence-electron chi connectivity index (χ0n) is 13.4. The van der Waals surface area contributed by atoms with Crippen molar-refractivity contribution < 1.29 is 9.18 Å². The molecule has 0 unspecified atom stereocenters. The maximum atomic E-state index is 14.1. The van der Waals surface area contributed by atoms with E-state index in [1.165, 1.54) is 10.8 Å². The highest BCUT2D eigenvalue weighted by molar-refractivity contribution is 9.10. The highest BCUT2D eigenvalue weighted by Gasteiger charge is 2.28. The van der Waals surface area contributed by atoms with E-state index in [1.54, 1.807) is 28.4 Å². The summed E-state index contributed by atoms with van der Waals surface area (Å²) >= 11 is 5.00. The van der Waals surface area contributed by atoms with Gasteiger partial charge in [0.25, 0.3) is 5.91 Å². The summed E-state index contributed by atoms with van der Waals surface area (Å²) in [6, 6.07) is 12.6. The number of fused-ring (bicyclic) bond motifs is 1. The van der Waals surface area contributed by atoms with Gasteiger partial charge >= 0.3 is 0 Å². The van der Waals surface area contributed by atoms with Gasteiger partial charge in [-0.3, -0.25) is 4.79 Å². The lowest BCUT2D eigenvalue weighted by Crippen LogP contribution is -2.39. The number of amides is 1. The minimum absolute atomic E-state index is 0.124. The molecule has 2 aromatic carbocycles. The van der Waals surface area contributed by atoms with Crippen LogP contribution in [0.5, 0.6) is 0 Å². The number of halogens is 2. The number of nitrogens with zero attached hydrogens (tertiary/aromatic N) is 2. The Hall–Kier alpha value is -1.79. The molecule has 1 amide bonds. The largest absolute Gasteiger partial charge is 0.338 e. The minimum Gasteiger partial charge on any atom is -0.338 e. The molecule has 6 heteroatoms. The molecule has 1 fully saturated rings. The maximum Gasteiger partial charge on any atom is 0.256 e. The molecular formula is C19H16BrFN2OS. The number of hydrogen-bond donors (Lipinski definition) is 0. The van der Waals surface area contributed by atoms with Gasteiger partial charge in [0.2, 0.25) is 0 Å². The molecule has 128 valence electrons. The Morgan fingerprint density at radius 2 is 2.12 bits per heavy atom. The SMILES string of the molecule is O=C(c1cc(Br)ccc1F)N1CCC[C@H](c2nc3ccccc3s2)C1. The van der Waals surface area contributed by atoms with E-state index in [1.807, 2.05) is 18.2 Å². The van der Waals surface area contributed by atoms with Crippen LogP contribution in [0.1, 0.15) is 34.1 Å². The van der Waals surface area contributed by atoms with Crippen molar-refractivity contribution in [1.29, 1.82) is 0 Å². The first-order chi connectivity index (χ1) is 12.1. The molecule has 3 aromatic rings. The smallest absolute Gasteiger partial charge is 0.256 e. The predicted molar refractivity (Wildman–Crippen MR) is 102 cm³/mol. The zero-order valence-corrected chi connectivity index (χ0v) is 15.8. The number of rotatable bonds is 2. The summed E-state index contributed by atoms with van der Waals surface area (Å²) in [4.78, 5) is 19.3. The molecule has 1 saturated heterocycles. The molecule has 25 heavy (non-hydrogen) atoms. The first-order valence-corrected chi connectivity index (χ1v) is 9.82. The number of piperidine rings is 1. The summed E-state index contributed by atoms with van der Waals surface area (Å²) in [6.07, 6.45) is 1.91. The second-order valence-electron chi connectivity index (χ2n) is 6.23. The van der Waals surface area contributed by atoms with Crippen molar-refractivity contribution in [2.75, 3.05) is 13.1 Å². The zero-order chi connectivity index (χ0) is 17.4. The fourth-order valence-corrected chi connectivity index (χ4v) is 4.71. The molecule has 3 nitrogen and oxygen atoms in total. The fraction of sp³-hybridized carbons (Fsp3) is 0.263. The van der Waals surface area contributed by atoms with E-state index in [4.69, 9.17) is 4.98 Å². The Kier molecular flexibility index (Phi) is 4.56. The van der Waals surface area contributed by atoms with Gasteiger partial charge in [0.05, 0.1) is 20.8 Å². The van der Waals surface area contributed by atoms with Gasteiger partial charge in [-0.05, 0) is 43.2 Å². The molecule has 0 bridgehead atoms. The third-order valence-electron chi connectivity index (χ3n) is 4.53. The number of benzene rings is 2. The van der Waals surface area contributed by atoms with E-state index >= 15 is 0 Å². The monoisotopic (exact) mass is 418 g/mol. The summed E-state index contributed by atoms with van der Waals surface area (Å²) in [5, 5.41) is 1.06. The molecule has 4 rings (SSSR count). The molecule has 0 radical (unpaired) electrons. The number of likely N-dealkylation sites (tertiary alicyclic amines) is 1. The van der Waals surface area contributed by atoms with Gasteiger partial charge in [-0.25, -0.2) is 9.37 Å². The van der Waals surface area contributed by atoms with Crippen LogP contribution in [0.3, 0.4) is 0 Å². The molecule has 0 N–H and O–H groups in total. The van der Waals surface area contributed by atoms with E-state index in [-0.39, 0.29) is 17.4 Å². The van der Waals surface area contributed by atoms with E-state index < -0.39 is 5.82 Å². The Labute approximate surface area is 157 Å². The molecule has 1 atom stereocenters. The van der Waals surface area contributed by atoms with E-state index in [2.05, 4.69) is 22.0 Å². The normalized spacial score (nSPS) is 17.8. The number of thiazole rings is 1. The molecule has 0 aliphatic carbocycles. The Morgan fingerprint density at radius 1 is 1.28 bits per heavy atom.